The number of amides is 1. The van der Waals surface area contributed by atoms with Gasteiger partial charge in [-0.3, -0.25) is 9.63 Å². The number of aromatic nitrogens is 1. The van der Waals surface area contributed by atoms with Crippen LogP contribution in [0.5, 0.6) is 0 Å². The van der Waals surface area contributed by atoms with E-state index in [9.17, 15) is 9.18 Å². The number of hydroxylamine groups is 1. The fourth-order valence-corrected chi connectivity index (χ4v) is 1.31. The lowest BCUT2D eigenvalue weighted by Gasteiger charge is -1.95. The van der Waals surface area contributed by atoms with E-state index in [1.807, 2.05) is 0 Å². The van der Waals surface area contributed by atoms with Crippen molar-refractivity contribution in [1.29, 1.82) is 0 Å². The topological polar surface area (TPSA) is 64.4 Å². The lowest BCUT2D eigenvalue weighted by atomic mass is 10.1. The van der Waals surface area contributed by atoms with E-state index < -0.39 is 5.91 Å². The van der Waals surface area contributed by atoms with Crippen molar-refractivity contribution in [3.05, 3.63) is 41.9 Å². The Bertz CT molecular complexity index is 539. The van der Waals surface area contributed by atoms with Crippen LogP contribution in [-0.4, -0.2) is 18.2 Å². The molecule has 0 bridgehead atoms. The Hall–Kier alpha value is -2.21. The highest BCUT2D eigenvalue weighted by atomic mass is 19.1. The summed E-state index contributed by atoms with van der Waals surface area (Å²) in [5.41, 5.74) is 3.00. The maximum Gasteiger partial charge on any atom is 0.313 e. The van der Waals surface area contributed by atoms with Gasteiger partial charge in [-0.05, 0) is 12.1 Å². The molecule has 5 nitrogen and oxygen atoms in total. The Morgan fingerprint density at radius 1 is 1.47 bits per heavy atom. The summed E-state index contributed by atoms with van der Waals surface area (Å²) in [5, 5.41) is 3.67. The smallest absolute Gasteiger partial charge is 0.313 e. The van der Waals surface area contributed by atoms with Crippen LogP contribution in [0.2, 0.25) is 0 Å². The van der Waals surface area contributed by atoms with Gasteiger partial charge in [-0.1, -0.05) is 17.3 Å². The number of nitrogens with zero attached hydrogens (tertiary/aromatic N) is 1. The zero-order valence-corrected chi connectivity index (χ0v) is 8.94. The summed E-state index contributed by atoms with van der Waals surface area (Å²) >= 11 is 0. The molecule has 0 aliphatic heterocycles. The third kappa shape index (κ3) is 2.48. The van der Waals surface area contributed by atoms with E-state index >= 15 is 0 Å². The summed E-state index contributed by atoms with van der Waals surface area (Å²) in [4.78, 5) is 15.8. The van der Waals surface area contributed by atoms with Crippen LogP contribution >= 0.6 is 0 Å². The third-order valence-electron chi connectivity index (χ3n) is 2.05. The zero-order chi connectivity index (χ0) is 12.3. The average Bonchev–Trinajstić information content (AvgIpc) is 2.78. The molecule has 1 N–H and O–H groups in total. The van der Waals surface area contributed by atoms with Gasteiger partial charge in [-0.2, -0.15) is 0 Å². The molecule has 0 saturated carbocycles. The molecule has 88 valence electrons. The molecule has 1 amide bonds. The van der Waals surface area contributed by atoms with Crippen molar-refractivity contribution in [1.82, 2.24) is 10.6 Å². The first-order valence-electron chi connectivity index (χ1n) is 4.76. The molecule has 0 aliphatic carbocycles. The molecule has 6 heteroatoms. The number of halogens is 1. The summed E-state index contributed by atoms with van der Waals surface area (Å²) in [7, 11) is 1.31. The molecule has 1 aromatic carbocycles. The van der Waals surface area contributed by atoms with Gasteiger partial charge in [0.15, 0.2) is 0 Å². The van der Waals surface area contributed by atoms with Gasteiger partial charge >= 0.3 is 5.91 Å². The highest BCUT2D eigenvalue weighted by molar-refractivity contribution is 5.91. The van der Waals surface area contributed by atoms with Gasteiger partial charge in [0.1, 0.15) is 11.5 Å². The summed E-state index contributed by atoms with van der Waals surface area (Å²) in [6, 6.07) is 7.24. The Morgan fingerprint density at radius 3 is 3.00 bits per heavy atom. The molecule has 0 saturated heterocycles. The van der Waals surface area contributed by atoms with Gasteiger partial charge in [0.05, 0.1) is 7.11 Å². The second-order valence-corrected chi connectivity index (χ2v) is 3.22. The van der Waals surface area contributed by atoms with Gasteiger partial charge in [-0.25, -0.2) is 9.87 Å². The predicted molar refractivity (Wildman–Crippen MR) is 56.4 cm³/mol. The largest absolute Gasteiger partial charge is 0.350 e. The maximum absolute atomic E-state index is 13.0. The number of rotatable bonds is 3. The zero-order valence-electron chi connectivity index (χ0n) is 8.94. The number of nitrogens with one attached hydrogen (secondary N) is 1. The molecule has 0 radical (unpaired) electrons. The number of hydrogen-bond donors (Lipinski definition) is 1. The highest BCUT2D eigenvalue weighted by Gasteiger charge is 2.13. The molecule has 1 aromatic heterocycles. The normalized spacial score (nSPS) is 10.2. The quantitative estimate of drug-likeness (QED) is 0.825. The Labute approximate surface area is 96.1 Å². The average molecular weight is 236 g/mol. The fraction of sp³-hybridized carbons (Fsp3) is 0.0909. The second kappa shape index (κ2) is 4.75. The van der Waals surface area contributed by atoms with Crippen molar-refractivity contribution in [2.75, 3.05) is 7.11 Å². The van der Waals surface area contributed by atoms with Crippen molar-refractivity contribution in [2.24, 2.45) is 0 Å². The van der Waals surface area contributed by atoms with Crippen molar-refractivity contribution < 1.29 is 18.5 Å². The van der Waals surface area contributed by atoms with Crippen LogP contribution in [0.25, 0.3) is 11.3 Å². The first kappa shape index (κ1) is 11.3. The predicted octanol–water partition coefficient (Wildman–Crippen LogP) is 1.77. The molecular formula is C11H9FN2O3. The molecule has 0 atom stereocenters. The molecule has 0 fully saturated rings. The van der Waals surface area contributed by atoms with Crippen LogP contribution in [0.15, 0.2) is 34.9 Å². The molecule has 0 aliphatic rings. The summed E-state index contributed by atoms with van der Waals surface area (Å²) in [6.45, 7) is 0. The molecule has 0 spiro atoms. The highest BCUT2D eigenvalue weighted by Crippen LogP contribution is 2.19. The molecule has 2 aromatic rings. The van der Waals surface area contributed by atoms with Crippen LogP contribution in [-0.2, 0) is 4.84 Å². The van der Waals surface area contributed by atoms with Gasteiger partial charge in [0.25, 0.3) is 0 Å². The number of benzene rings is 1. The molecule has 0 unspecified atom stereocenters. The Morgan fingerprint density at radius 2 is 2.29 bits per heavy atom. The Kier molecular flexibility index (Phi) is 3.15. The summed E-state index contributed by atoms with van der Waals surface area (Å²) in [5.74, 6) is -0.942. The van der Waals surface area contributed by atoms with Gasteiger partial charge in [0, 0.05) is 11.6 Å². The van der Waals surface area contributed by atoms with Gasteiger partial charge in [-0.15, -0.1) is 0 Å². The summed E-state index contributed by atoms with van der Waals surface area (Å²) < 4.78 is 17.8. The molecule has 2 rings (SSSR count). The molecule has 1 heterocycles. The van der Waals surface area contributed by atoms with E-state index in [-0.39, 0.29) is 11.6 Å². The van der Waals surface area contributed by atoms with Crippen LogP contribution < -0.4 is 5.48 Å². The fourth-order valence-electron chi connectivity index (χ4n) is 1.31. The third-order valence-corrected chi connectivity index (χ3v) is 2.05. The van der Waals surface area contributed by atoms with Crippen LogP contribution in [0, 0.1) is 5.82 Å². The lowest BCUT2D eigenvalue weighted by molar-refractivity contribution is 0.0502. The minimum absolute atomic E-state index is 0.00823. The Balaban J connectivity index is 2.27. The van der Waals surface area contributed by atoms with E-state index in [0.717, 1.165) is 0 Å². The van der Waals surface area contributed by atoms with Crippen LogP contribution in [0.4, 0.5) is 4.39 Å². The second-order valence-electron chi connectivity index (χ2n) is 3.22. The first-order valence-corrected chi connectivity index (χ1v) is 4.76. The van der Waals surface area contributed by atoms with Crippen molar-refractivity contribution >= 4 is 5.91 Å². The van der Waals surface area contributed by atoms with E-state index in [0.29, 0.717) is 11.3 Å². The van der Waals surface area contributed by atoms with E-state index in [2.05, 4.69) is 15.5 Å². The molecule has 17 heavy (non-hydrogen) atoms. The van der Waals surface area contributed by atoms with E-state index in [1.54, 1.807) is 12.1 Å². The van der Waals surface area contributed by atoms with Crippen LogP contribution in [0.3, 0.4) is 0 Å². The SMILES string of the molecule is CONC(=O)c1cc(-c2cccc(F)c2)no1. The van der Waals surface area contributed by atoms with E-state index in [4.69, 9.17) is 4.52 Å². The first-order chi connectivity index (χ1) is 8.20. The number of carbonyl (C=O) groups excluding carboxylic acids is 1. The summed E-state index contributed by atoms with van der Waals surface area (Å²) in [6.07, 6.45) is 0. The van der Waals surface area contributed by atoms with Crippen LogP contribution in [0.1, 0.15) is 10.6 Å². The van der Waals surface area contributed by atoms with Gasteiger partial charge < -0.3 is 4.52 Å². The lowest BCUT2D eigenvalue weighted by Crippen LogP contribution is -2.21. The van der Waals surface area contributed by atoms with Crippen molar-refractivity contribution in [3.8, 4) is 11.3 Å². The van der Waals surface area contributed by atoms with Gasteiger partial charge in [0.2, 0.25) is 5.76 Å². The molecular weight excluding hydrogens is 227 g/mol. The monoisotopic (exact) mass is 236 g/mol. The minimum Gasteiger partial charge on any atom is -0.350 e. The van der Waals surface area contributed by atoms with E-state index in [1.165, 1.54) is 25.3 Å². The maximum atomic E-state index is 13.0. The van der Waals surface area contributed by atoms with Crippen molar-refractivity contribution in [2.45, 2.75) is 0 Å². The minimum atomic E-state index is -0.553. The number of hydrogen-bond acceptors (Lipinski definition) is 4. The number of carbonyl (C=O) groups is 1. The van der Waals surface area contributed by atoms with Crippen molar-refractivity contribution in [3.63, 3.8) is 0 Å². The standard InChI is InChI=1S/C11H9FN2O3/c1-16-14-11(15)10-6-9(13-17-10)7-3-2-4-8(12)5-7/h2-6H,1H3,(H,14,15).